The summed E-state index contributed by atoms with van der Waals surface area (Å²) < 4.78 is 0.861. The number of aromatic nitrogens is 1. The van der Waals surface area contributed by atoms with Crippen molar-refractivity contribution < 1.29 is 4.79 Å². The highest BCUT2D eigenvalue weighted by Gasteiger charge is 2.17. The van der Waals surface area contributed by atoms with Gasteiger partial charge in [0, 0.05) is 16.6 Å². The zero-order valence-electron chi connectivity index (χ0n) is 9.89. The third-order valence-corrected chi connectivity index (χ3v) is 4.82. The van der Waals surface area contributed by atoms with Gasteiger partial charge in [-0.05, 0) is 25.1 Å². The van der Waals surface area contributed by atoms with E-state index in [-0.39, 0.29) is 11.2 Å². The fourth-order valence-corrected chi connectivity index (χ4v) is 3.41. The average Bonchev–Trinajstić information content (AvgIpc) is 2.86. The number of thioether (sulfide) groups is 1. The molecule has 0 spiro atoms. The van der Waals surface area contributed by atoms with Gasteiger partial charge in [-0.1, -0.05) is 35.0 Å². The van der Waals surface area contributed by atoms with E-state index in [0.717, 1.165) is 4.34 Å². The van der Waals surface area contributed by atoms with Gasteiger partial charge in [-0.25, -0.2) is 4.98 Å². The molecule has 0 saturated heterocycles. The van der Waals surface area contributed by atoms with E-state index in [1.54, 1.807) is 24.4 Å². The number of thiazole rings is 1. The summed E-state index contributed by atoms with van der Waals surface area (Å²) in [6.07, 6.45) is 1.71. The molecule has 19 heavy (non-hydrogen) atoms. The summed E-state index contributed by atoms with van der Waals surface area (Å²) in [7, 11) is 0. The van der Waals surface area contributed by atoms with Crippen LogP contribution in [0.3, 0.4) is 0 Å². The van der Waals surface area contributed by atoms with Gasteiger partial charge < -0.3 is 5.32 Å². The highest BCUT2D eigenvalue weighted by molar-refractivity contribution is 8.02. The predicted octanol–water partition coefficient (Wildman–Crippen LogP) is 4.57. The second kappa shape index (κ2) is 6.61. The lowest BCUT2D eigenvalue weighted by atomic mass is 10.3. The van der Waals surface area contributed by atoms with Crippen molar-refractivity contribution in [3.05, 3.63) is 39.8 Å². The summed E-state index contributed by atoms with van der Waals surface area (Å²) >= 11 is 14.8. The average molecular weight is 333 g/mol. The van der Waals surface area contributed by atoms with Crippen molar-refractivity contribution in [2.45, 2.75) is 16.5 Å². The number of carbonyl (C=O) groups is 1. The molecule has 1 atom stereocenters. The van der Waals surface area contributed by atoms with Crippen LogP contribution >= 0.6 is 46.3 Å². The number of anilines is 1. The number of rotatable bonds is 4. The van der Waals surface area contributed by atoms with Crippen molar-refractivity contribution in [2.24, 2.45) is 0 Å². The molecule has 100 valence electrons. The van der Waals surface area contributed by atoms with Crippen molar-refractivity contribution >= 4 is 57.9 Å². The molecule has 0 saturated carbocycles. The third-order valence-electron chi connectivity index (χ3n) is 2.24. The van der Waals surface area contributed by atoms with Crippen molar-refractivity contribution in [3.63, 3.8) is 0 Å². The number of amides is 1. The van der Waals surface area contributed by atoms with Crippen LogP contribution < -0.4 is 5.32 Å². The standard InChI is InChI=1S/C12H10Cl2N2OS2/c1-7(19-12-15-4-5-18-12)11(17)16-10-6-8(13)2-3-9(10)14/h2-7H,1H3,(H,16,17). The molecular weight excluding hydrogens is 323 g/mol. The van der Waals surface area contributed by atoms with Crippen LogP contribution in [0.25, 0.3) is 0 Å². The number of nitrogens with one attached hydrogen (secondary N) is 1. The molecule has 2 aromatic rings. The van der Waals surface area contributed by atoms with Crippen LogP contribution in [0.2, 0.25) is 10.0 Å². The third kappa shape index (κ3) is 4.11. The van der Waals surface area contributed by atoms with Crippen LogP contribution in [0.1, 0.15) is 6.92 Å². The lowest BCUT2D eigenvalue weighted by Crippen LogP contribution is -2.22. The van der Waals surface area contributed by atoms with Gasteiger partial charge in [0.2, 0.25) is 5.91 Å². The molecule has 1 amide bonds. The van der Waals surface area contributed by atoms with Crippen LogP contribution in [0, 0.1) is 0 Å². The fraction of sp³-hybridized carbons (Fsp3) is 0.167. The topological polar surface area (TPSA) is 42.0 Å². The Labute approximate surface area is 129 Å². The summed E-state index contributed by atoms with van der Waals surface area (Å²) in [6, 6.07) is 4.95. The molecule has 1 N–H and O–H groups in total. The first-order valence-electron chi connectivity index (χ1n) is 5.38. The SMILES string of the molecule is CC(Sc1nccs1)C(=O)Nc1cc(Cl)ccc1Cl. The Bertz CT molecular complexity index is 575. The van der Waals surface area contributed by atoms with Crippen molar-refractivity contribution in [2.75, 3.05) is 5.32 Å². The highest BCUT2D eigenvalue weighted by Crippen LogP contribution is 2.28. The quantitative estimate of drug-likeness (QED) is 0.834. The minimum atomic E-state index is -0.263. The highest BCUT2D eigenvalue weighted by atomic mass is 35.5. The van der Waals surface area contributed by atoms with E-state index in [1.165, 1.54) is 23.1 Å². The Morgan fingerprint density at radius 1 is 1.47 bits per heavy atom. The van der Waals surface area contributed by atoms with Crippen molar-refractivity contribution in [1.29, 1.82) is 0 Å². The molecule has 0 fully saturated rings. The normalized spacial score (nSPS) is 12.2. The Morgan fingerprint density at radius 2 is 2.26 bits per heavy atom. The number of hydrogen-bond donors (Lipinski definition) is 1. The van der Waals surface area contributed by atoms with E-state index in [4.69, 9.17) is 23.2 Å². The zero-order chi connectivity index (χ0) is 13.8. The number of carbonyl (C=O) groups excluding carboxylic acids is 1. The summed E-state index contributed by atoms with van der Waals surface area (Å²) in [5.74, 6) is -0.135. The molecule has 1 aromatic heterocycles. The van der Waals surface area contributed by atoms with Gasteiger partial charge in [0.1, 0.15) is 0 Å². The van der Waals surface area contributed by atoms with E-state index in [9.17, 15) is 4.79 Å². The van der Waals surface area contributed by atoms with Gasteiger partial charge >= 0.3 is 0 Å². The lowest BCUT2D eigenvalue weighted by Gasteiger charge is -2.11. The first-order valence-corrected chi connectivity index (χ1v) is 7.90. The molecule has 7 heteroatoms. The Balaban J connectivity index is 2.02. The molecule has 0 aliphatic heterocycles. The molecule has 0 aliphatic rings. The van der Waals surface area contributed by atoms with Gasteiger partial charge in [0.15, 0.2) is 4.34 Å². The summed E-state index contributed by atoms with van der Waals surface area (Å²) in [4.78, 5) is 16.2. The smallest absolute Gasteiger partial charge is 0.237 e. The Hall–Kier alpha value is -0.750. The predicted molar refractivity (Wildman–Crippen MR) is 82.5 cm³/mol. The van der Waals surface area contributed by atoms with Crippen LogP contribution in [-0.2, 0) is 4.79 Å². The molecule has 2 rings (SSSR count). The molecule has 1 aromatic carbocycles. The maximum absolute atomic E-state index is 12.0. The molecule has 1 unspecified atom stereocenters. The van der Waals surface area contributed by atoms with Gasteiger partial charge in [0.25, 0.3) is 0 Å². The molecule has 0 bridgehead atoms. The maximum atomic E-state index is 12.0. The van der Waals surface area contributed by atoms with Gasteiger partial charge in [-0.3, -0.25) is 4.79 Å². The van der Waals surface area contributed by atoms with Crippen molar-refractivity contribution in [3.8, 4) is 0 Å². The summed E-state index contributed by atoms with van der Waals surface area (Å²) in [5, 5.41) is 5.37. The molecular formula is C12H10Cl2N2OS2. The van der Waals surface area contributed by atoms with E-state index in [0.29, 0.717) is 15.7 Å². The fourth-order valence-electron chi connectivity index (χ4n) is 1.30. The minimum absolute atomic E-state index is 0.135. The monoisotopic (exact) mass is 332 g/mol. The van der Waals surface area contributed by atoms with Gasteiger partial charge in [-0.15, -0.1) is 11.3 Å². The van der Waals surface area contributed by atoms with Crippen LogP contribution in [0.5, 0.6) is 0 Å². The van der Waals surface area contributed by atoms with Crippen LogP contribution in [0.15, 0.2) is 34.1 Å². The number of hydrogen-bond acceptors (Lipinski definition) is 4. The minimum Gasteiger partial charge on any atom is -0.324 e. The van der Waals surface area contributed by atoms with Crippen LogP contribution in [0.4, 0.5) is 5.69 Å². The van der Waals surface area contributed by atoms with E-state index in [1.807, 2.05) is 12.3 Å². The first-order chi connectivity index (χ1) is 9.06. The van der Waals surface area contributed by atoms with Gasteiger partial charge in [-0.2, -0.15) is 0 Å². The molecule has 1 heterocycles. The van der Waals surface area contributed by atoms with E-state index in [2.05, 4.69) is 10.3 Å². The first kappa shape index (κ1) is 14.7. The number of halogens is 2. The Morgan fingerprint density at radius 3 is 2.95 bits per heavy atom. The molecule has 0 radical (unpaired) electrons. The van der Waals surface area contributed by atoms with E-state index >= 15 is 0 Å². The molecule has 0 aliphatic carbocycles. The largest absolute Gasteiger partial charge is 0.324 e. The number of benzene rings is 1. The summed E-state index contributed by atoms with van der Waals surface area (Å²) in [5.41, 5.74) is 0.519. The summed E-state index contributed by atoms with van der Waals surface area (Å²) in [6.45, 7) is 1.82. The Kier molecular flexibility index (Phi) is 5.10. The zero-order valence-corrected chi connectivity index (χ0v) is 13.0. The lowest BCUT2D eigenvalue weighted by molar-refractivity contribution is -0.115. The van der Waals surface area contributed by atoms with E-state index < -0.39 is 0 Å². The van der Waals surface area contributed by atoms with Crippen LogP contribution in [-0.4, -0.2) is 16.1 Å². The van der Waals surface area contributed by atoms with Crippen molar-refractivity contribution in [1.82, 2.24) is 4.98 Å². The molecule has 3 nitrogen and oxygen atoms in total. The second-order valence-corrected chi connectivity index (χ2v) is 7.00. The maximum Gasteiger partial charge on any atom is 0.237 e. The number of nitrogens with zero attached hydrogens (tertiary/aromatic N) is 1. The second-order valence-electron chi connectivity index (χ2n) is 3.67. The van der Waals surface area contributed by atoms with Gasteiger partial charge in [0.05, 0.1) is 16.0 Å².